The molecular formula is C14H16ClN3O4. The smallest absolute Gasteiger partial charge is 0.287 e. The van der Waals surface area contributed by atoms with Crippen molar-refractivity contribution in [3.8, 4) is 0 Å². The van der Waals surface area contributed by atoms with Gasteiger partial charge in [0.05, 0.1) is 4.92 Å². The van der Waals surface area contributed by atoms with Gasteiger partial charge in [-0.15, -0.1) is 0 Å². The Kier molecular flexibility index (Phi) is 4.97. The Labute approximate surface area is 132 Å². The minimum Gasteiger partial charge on any atom is -0.369 e. The van der Waals surface area contributed by atoms with E-state index in [-0.39, 0.29) is 40.0 Å². The first-order valence-electron chi connectivity index (χ1n) is 6.92. The average Bonchev–Trinajstić information content (AvgIpc) is 2.46. The molecule has 22 heavy (non-hydrogen) atoms. The van der Waals surface area contributed by atoms with E-state index in [0.29, 0.717) is 6.42 Å². The fraction of sp³-hybridized carbons (Fsp3) is 0.429. The number of amides is 2. The van der Waals surface area contributed by atoms with Crippen molar-refractivity contribution in [2.75, 3.05) is 0 Å². The molecule has 0 saturated heterocycles. The third-order valence-electron chi connectivity index (χ3n) is 3.82. The van der Waals surface area contributed by atoms with Gasteiger partial charge in [-0.1, -0.05) is 18.0 Å². The van der Waals surface area contributed by atoms with E-state index in [4.69, 9.17) is 17.3 Å². The Hall–Kier alpha value is -2.15. The highest BCUT2D eigenvalue weighted by Gasteiger charge is 2.27. The van der Waals surface area contributed by atoms with E-state index in [2.05, 4.69) is 5.32 Å². The molecular weight excluding hydrogens is 310 g/mol. The summed E-state index contributed by atoms with van der Waals surface area (Å²) >= 11 is 5.79. The fourth-order valence-electron chi connectivity index (χ4n) is 2.64. The van der Waals surface area contributed by atoms with Crippen LogP contribution in [-0.4, -0.2) is 22.8 Å². The van der Waals surface area contributed by atoms with Gasteiger partial charge < -0.3 is 11.1 Å². The normalized spacial score (nSPS) is 21.1. The van der Waals surface area contributed by atoms with Crippen molar-refractivity contribution in [3.05, 3.63) is 38.9 Å². The van der Waals surface area contributed by atoms with Crippen LogP contribution in [0.5, 0.6) is 0 Å². The van der Waals surface area contributed by atoms with Gasteiger partial charge in [0.2, 0.25) is 5.91 Å². The summed E-state index contributed by atoms with van der Waals surface area (Å²) in [6.45, 7) is 0. The van der Waals surface area contributed by atoms with Crippen LogP contribution in [0.15, 0.2) is 18.2 Å². The quantitative estimate of drug-likeness (QED) is 0.650. The lowest BCUT2D eigenvalue weighted by molar-refractivity contribution is -0.384. The van der Waals surface area contributed by atoms with Crippen LogP contribution in [-0.2, 0) is 4.79 Å². The number of nitrogens with two attached hydrogens (primary N) is 1. The van der Waals surface area contributed by atoms with Crippen LogP contribution in [0.4, 0.5) is 5.69 Å². The summed E-state index contributed by atoms with van der Waals surface area (Å²) in [5.41, 5.74) is 5.30. The Morgan fingerprint density at radius 3 is 2.68 bits per heavy atom. The predicted molar refractivity (Wildman–Crippen MR) is 80.5 cm³/mol. The third kappa shape index (κ3) is 3.73. The molecule has 1 aliphatic rings. The molecule has 1 aromatic carbocycles. The maximum Gasteiger partial charge on any atom is 0.287 e. The SMILES string of the molecule is NC(=O)[C@@H]1CCC[C@H](NC(=O)c2ccc([N+](=O)[O-])c(Cl)c2)C1. The first kappa shape index (κ1) is 16.2. The lowest BCUT2D eigenvalue weighted by Crippen LogP contribution is -2.41. The molecule has 2 amide bonds. The van der Waals surface area contributed by atoms with Crippen molar-refractivity contribution in [2.45, 2.75) is 31.7 Å². The number of carbonyl (C=O) groups excluding carboxylic acids is 2. The molecule has 0 aliphatic heterocycles. The summed E-state index contributed by atoms with van der Waals surface area (Å²) in [7, 11) is 0. The number of nitrogens with zero attached hydrogens (tertiary/aromatic N) is 1. The number of carbonyl (C=O) groups is 2. The monoisotopic (exact) mass is 325 g/mol. The lowest BCUT2D eigenvalue weighted by atomic mass is 9.85. The number of rotatable bonds is 4. The minimum absolute atomic E-state index is 0.0868. The highest BCUT2D eigenvalue weighted by atomic mass is 35.5. The van der Waals surface area contributed by atoms with Gasteiger partial charge in [-0.3, -0.25) is 19.7 Å². The maximum atomic E-state index is 12.2. The van der Waals surface area contributed by atoms with E-state index in [1.165, 1.54) is 18.2 Å². The summed E-state index contributed by atoms with van der Waals surface area (Å²) < 4.78 is 0. The van der Waals surface area contributed by atoms with Gasteiger partial charge in [0, 0.05) is 23.6 Å². The van der Waals surface area contributed by atoms with Gasteiger partial charge in [-0.2, -0.15) is 0 Å². The van der Waals surface area contributed by atoms with Crippen molar-refractivity contribution < 1.29 is 14.5 Å². The molecule has 0 aromatic heterocycles. The van der Waals surface area contributed by atoms with Gasteiger partial charge in [-0.05, 0) is 31.4 Å². The van der Waals surface area contributed by atoms with Crippen LogP contribution in [0.2, 0.25) is 5.02 Å². The number of hydrogen-bond donors (Lipinski definition) is 2. The third-order valence-corrected chi connectivity index (χ3v) is 4.12. The van der Waals surface area contributed by atoms with Crippen molar-refractivity contribution in [1.29, 1.82) is 0 Å². The van der Waals surface area contributed by atoms with E-state index in [1.54, 1.807) is 0 Å². The maximum absolute atomic E-state index is 12.2. The van der Waals surface area contributed by atoms with Crippen LogP contribution in [0, 0.1) is 16.0 Å². The van der Waals surface area contributed by atoms with Gasteiger partial charge in [0.25, 0.3) is 11.6 Å². The minimum atomic E-state index is -0.609. The zero-order valence-corrected chi connectivity index (χ0v) is 12.5. The average molecular weight is 326 g/mol. The number of hydrogen-bond acceptors (Lipinski definition) is 4. The van der Waals surface area contributed by atoms with Crippen LogP contribution in [0.25, 0.3) is 0 Å². The van der Waals surface area contributed by atoms with Gasteiger partial charge in [0.15, 0.2) is 0 Å². The molecule has 0 spiro atoms. The van der Waals surface area contributed by atoms with Crippen LogP contribution in [0.1, 0.15) is 36.0 Å². The molecule has 8 heteroatoms. The molecule has 3 N–H and O–H groups in total. The molecule has 1 saturated carbocycles. The van der Waals surface area contributed by atoms with E-state index in [1.807, 2.05) is 0 Å². The first-order valence-corrected chi connectivity index (χ1v) is 7.30. The van der Waals surface area contributed by atoms with Gasteiger partial charge >= 0.3 is 0 Å². The van der Waals surface area contributed by atoms with E-state index in [9.17, 15) is 19.7 Å². The number of benzene rings is 1. The first-order chi connectivity index (χ1) is 10.4. The molecule has 118 valence electrons. The Bertz CT molecular complexity index is 620. The lowest BCUT2D eigenvalue weighted by Gasteiger charge is -2.27. The second-order valence-electron chi connectivity index (χ2n) is 5.36. The standard InChI is InChI=1S/C14H16ClN3O4/c15-11-7-9(4-5-12(11)18(21)22)14(20)17-10-3-1-2-8(6-10)13(16)19/h4-5,7-8,10H,1-3,6H2,(H2,16,19)(H,17,20)/t8-,10+/m1/s1. The molecule has 7 nitrogen and oxygen atoms in total. The Morgan fingerprint density at radius 2 is 2.09 bits per heavy atom. The van der Waals surface area contributed by atoms with Gasteiger partial charge in [-0.25, -0.2) is 0 Å². The van der Waals surface area contributed by atoms with Crippen molar-refractivity contribution in [3.63, 3.8) is 0 Å². The number of nitro benzene ring substituents is 1. The molecule has 1 aromatic rings. The van der Waals surface area contributed by atoms with E-state index >= 15 is 0 Å². The highest BCUT2D eigenvalue weighted by Crippen LogP contribution is 2.26. The fourth-order valence-corrected chi connectivity index (χ4v) is 2.89. The molecule has 0 unspecified atom stereocenters. The Morgan fingerprint density at radius 1 is 1.36 bits per heavy atom. The largest absolute Gasteiger partial charge is 0.369 e. The van der Waals surface area contributed by atoms with Crippen molar-refractivity contribution in [1.82, 2.24) is 5.32 Å². The van der Waals surface area contributed by atoms with Crippen LogP contribution in [0.3, 0.4) is 0 Å². The zero-order chi connectivity index (χ0) is 16.3. The molecule has 2 atom stereocenters. The van der Waals surface area contributed by atoms with Crippen molar-refractivity contribution in [2.24, 2.45) is 11.7 Å². The number of nitro groups is 1. The summed E-state index contributed by atoms with van der Waals surface area (Å²) in [5.74, 6) is -0.941. The molecule has 0 radical (unpaired) electrons. The second-order valence-corrected chi connectivity index (χ2v) is 5.77. The predicted octanol–water partition coefficient (Wildman–Crippen LogP) is 2.02. The number of halogens is 1. The highest BCUT2D eigenvalue weighted by molar-refractivity contribution is 6.33. The van der Waals surface area contributed by atoms with Crippen molar-refractivity contribution >= 4 is 29.1 Å². The topological polar surface area (TPSA) is 115 Å². The Balaban J connectivity index is 2.04. The second kappa shape index (κ2) is 6.74. The summed E-state index contributed by atoms with van der Waals surface area (Å²) in [6.07, 6.45) is 2.85. The molecule has 1 aliphatic carbocycles. The zero-order valence-electron chi connectivity index (χ0n) is 11.8. The molecule has 0 bridgehead atoms. The summed E-state index contributed by atoms with van der Waals surface area (Å²) in [5, 5.41) is 13.4. The number of nitrogens with one attached hydrogen (secondary N) is 1. The summed E-state index contributed by atoms with van der Waals surface area (Å²) in [4.78, 5) is 33.5. The number of primary amides is 1. The molecule has 1 fully saturated rings. The molecule has 2 rings (SSSR count). The van der Waals surface area contributed by atoms with Gasteiger partial charge in [0.1, 0.15) is 5.02 Å². The summed E-state index contributed by atoms with van der Waals surface area (Å²) in [6, 6.07) is 3.69. The molecule has 0 heterocycles. The van der Waals surface area contributed by atoms with E-state index in [0.717, 1.165) is 19.3 Å². The van der Waals surface area contributed by atoms with E-state index < -0.39 is 4.92 Å². The van der Waals surface area contributed by atoms with Crippen LogP contribution >= 0.6 is 11.6 Å². The van der Waals surface area contributed by atoms with Crippen LogP contribution < -0.4 is 11.1 Å².